The number of rotatable bonds is 4. The van der Waals surface area contributed by atoms with E-state index in [-0.39, 0.29) is 11.6 Å². The van der Waals surface area contributed by atoms with E-state index in [1.54, 1.807) is 26.0 Å². The van der Waals surface area contributed by atoms with E-state index in [0.717, 1.165) is 42.5 Å². The Morgan fingerprint density at radius 1 is 1.35 bits per heavy atom. The number of aromatic nitrogens is 1. The molecule has 1 N–H and O–H groups in total. The van der Waals surface area contributed by atoms with Crippen LogP contribution in [0.3, 0.4) is 0 Å². The fourth-order valence-corrected chi connectivity index (χ4v) is 3.86. The molecule has 134 valence electrons. The van der Waals surface area contributed by atoms with Crippen molar-refractivity contribution in [2.45, 2.75) is 49.8 Å². The summed E-state index contributed by atoms with van der Waals surface area (Å²) in [6.07, 6.45) is 4.07. The molecular formula is C20H20FN3OS. The van der Waals surface area contributed by atoms with Crippen LogP contribution in [0.2, 0.25) is 0 Å². The summed E-state index contributed by atoms with van der Waals surface area (Å²) in [7, 11) is 0. The van der Waals surface area contributed by atoms with Crippen LogP contribution in [0.15, 0.2) is 29.3 Å². The molecule has 2 aromatic rings. The third-order valence-electron chi connectivity index (χ3n) is 4.43. The summed E-state index contributed by atoms with van der Waals surface area (Å²) in [4.78, 5) is 17.1. The van der Waals surface area contributed by atoms with Gasteiger partial charge in [0, 0.05) is 5.69 Å². The first-order valence-corrected chi connectivity index (χ1v) is 9.52. The molecule has 0 radical (unpaired) electrons. The van der Waals surface area contributed by atoms with Gasteiger partial charge in [0.25, 0.3) is 0 Å². The Labute approximate surface area is 156 Å². The molecule has 1 aliphatic rings. The minimum Gasteiger partial charge on any atom is -0.323 e. The quantitative estimate of drug-likeness (QED) is 0.811. The predicted octanol–water partition coefficient (Wildman–Crippen LogP) is 4.40. The van der Waals surface area contributed by atoms with E-state index in [2.05, 4.69) is 16.4 Å². The van der Waals surface area contributed by atoms with Crippen LogP contribution in [0.4, 0.5) is 10.1 Å². The van der Waals surface area contributed by atoms with E-state index in [4.69, 9.17) is 0 Å². The van der Waals surface area contributed by atoms with Crippen LogP contribution in [-0.4, -0.2) is 16.1 Å². The van der Waals surface area contributed by atoms with Crippen molar-refractivity contribution in [2.24, 2.45) is 0 Å². The summed E-state index contributed by atoms with van der Waals surface area (Å²) in [5.74, 6) is -0.777. The zero-order valence-corrected chi connectivity index (χ0v) is 15.6. The maximum Gasteiger partial charge on any atom is 0.237 e. The molecule has 1 amide bonds. The molecule has 6 heteroatoms. The molecule has 0 saturated heterocycles. The highest BCUT2D eigenvalue weighted by molar-refractivity contribution is 8.00. The standard InChI is InChI=1S/C20H20FN3OS/c1-12-7-8-18(16(21)9-12)23-19(25)13(2)26-20-15(11-22)10-14-5-3-4-6-17(14)24-20/h7-10,13H,3-6H2,1-2H3,(H,23,25). The lowest BCUT2D eigenvalue weighted by Crippen LogP contribution is -2.23. The normalized spacial score (nSPS) is 14.2. The van der Waals surface area contributed by atoms with E-state index < -0.39 is 11.1 Å². The molecule has 26 heavy (non-hydrogen) atoms. The number of anilines is 1. The van der Waals surface area contributed by atoms with E-state index in [1.165, 1.54) is 17.8 Å². The van der Waals surface area contributed by atoms with Crippen molar-refractivity contribution in [3.63, 3.8) is 0 Å². The largest absolute Gasteiger partial charge is 0.323 e. The molecule has 3 rings (SSSR count). The van der Waals surface area contributed by atoms with Crippen molar-refractivity contribution < 1.29 is 9.18 Å². The van der Waals surface area contributed by atoms with E-state index in [1.807, 2.05) is 6.07 Å². The smallest absolute Gasteiger partial charge is 0.237 e. The molecule has 1 aromatic carbocycles. The lowest BCUT2D eigenvalue weighted by molar-refractivity contribution is -0.115. The number of carbonyl (C=O) groups excluding carboxylic acids is 1. The van der Waals surface area contributed by atoms with Gasteiger partial charge >= 0.3 is 0 Å². The molecule has 0 bridgehead atoms. The molecule has 0 spiro atoms. The Hall–Kier alpha value is -2.39. The second kappa shape index (κ2) is 7.88. The Kier molecular flexibility index (Phi) is 5.58. The topological polar surface area (TPSA) is 65.8 Å². The summed E-state index contributed by atoms with van der Waals surface area (Å²) in [6, 6.07) is 8.76. The second-order valence-electron chi connectivity index (χ2n) is 6.50. The molecule has 1 atom stereocenters. The Morgan fingerprint density at radius 3 is 2.85 bits per heavy atom. The average molecular weight is 369 g/mol. The Bertz CT molecular complexity index is 891. The van der Waals surface area contributed by atoms with Gasteiger partial charge in [-0.2, -0.15) is 5.26 Å². The number of amides is 1. The van der Waals surface area contributed by atoms with E-state index in [0.29, 0.717) is 10.6 Å². The van der Waals surface area contributed by atoms with Gasteiger partial charge in [0.2, 0.25) is 5.91 Å². The van der Waals surface area contributed by atoms with Crippen LogP contribution in [0, 0.1) is 24.1 Å². The maximum absolute atomic E-state index is 13.9. The van der Waals surface area contributed by atoms with Crippen LogP contribution in [0.1, 0.15) is 42.1 Å². The molecule has 1 unspecified atom stereocenters. The highest BCUT2D eigenvalue weighted by atomic mass is 32.2. The van der Waals surface area contributed by atoms with Crippen molar-refractivity contribution in [3.8, 4) is 6.07 Å². The van der Waals surface area contributed by atoms with Gasteiger partial charge in [-0.25, -0.2) is 9.37 Å². The number of halogens is 1. The number of benzene rings is 1. The number of fused-ring (bicyclic) bond motifs is 1. The molecule has 1 heterocycles. The third kappa shape index (κ3) is 4.05. The molecular weight excluding hydrogens is 349 g/mol. The van der Waals surface area contributed by atoms with Gasteiger partial charge in [0.05, 0.1) is 16.5 Å². The monoisotopic (exact) mass is 369 g/mol. The summed E-state index contributed by atoms with van der Waals surface area (Å²) in [5, 5.41) is 12.1. The Balaban J connectivity index is 1.75. The summed E-state index contributed by atoms with van der Waals surface area (Å²) >= 11 is 1.24. The van der Waals surface area contributed by atoms with E-state index >= 15 is 0 Å². The molecule has 4 nitrogen and oxygen atoms in total. The van der Waals surface area contributed by atoms with Gasteiger partial charge < -0.3 is 5.32 Å². The summed E-state index contributed by atoms with van der Waals surface area (Å²) in [5.41, 5.74) is 3.61. The van der Waals surface area contributed by atoms with Crippen molar-refractivity contribution in [1.29, 1.82) is 5.26 Å². The van der Waals surface area contributed by atoms with Crippen LogP contribution < -0.4 is 5.32 Å². The fourth-order valence-electron chi connectivity index (χ4n) is 2.96. The van der Waals surface area contributed by atoms with Crippen LogP contribution >= 0.6 is 11.8 Å². The fraction of sp³-hybridized carbons (Fsp3) is 0.350. The molecule has 1 aliphatic carbocycles. The number of nitriles is 1. The summed E-state index contributed by atoms with van der Waals surface area (Å²) < 4.78 is 13.9. The van der Waals surface area contributed by atoms with Gasteiger partial charge in [-0.3, -0.25) is 4.79 Å². The van der Waals surface area contributed by atoms with Crippen LogP contribution in [-0.2, 0) is 17.6 Å². The lowest BCUT2D eigenvalue weighted by atomic mass is 9.95. The highest BCUT2D eigenvalue weighted by Gasteiger charge is 2.21. The minimum atomic E-state index is -0.503. The number of thioether (sulfide) groups is 1. The van der Waals surface area contributed by atoms with Crippen LogP contribution in [0.5, 0.6) is 0 Å². The Morgan fingerprint density at radius 2 is 2.12 bits per heavy atom. The number of pyridine rings is 1. The highest BCUT2D eigenvalue weighted by Crippen LogP contribution is 2.30. The first kappa shape index (κ1) is 18.4. The number of carbonyl (C=O) groups is 1. The zero-order chi connectivity index (χ0) is 18.7. The molecule has 0 aliphatic heterocycles. The number of aryl methyl sites for hydroxylation is 3. The molecule has 0 fully saturated rings. The van der Waals surface area contributed by atoms with Gasteiger partial charge in [-0.15, -0.1) is 0 Å². The van der Waals surface area contributed by atoms with Crippen molar-refractivity contribution in [2.75, 3.05) is 5.32 Å². The minimum absolute atomic E-state index is 0.159. The van der Waals surface area contributed by atoms with Crippen molar-refractivity contribution in [3.05, 3.63) is 52.5 Å². The van der Waals surface area contributed by atoms with Gasteiger partial charge in [-0.1, -0.05) is 17.8 Å². The van der Waals surface area contributed by atoms with Crippen molar-refractivity contribution >= 4 is 23.4 Å². The number of hydrogen-bond donors (Lipinski definition) is 1. The number of nitrogens with zero attached hydrogens (tertiary/aromatic N) is 2. The third-order valence-corrected chi connectivity index (χ3v) is 5.53. The van der Waals surface area contributed by atoms with Gasteiger partial charge in [0.1, 0.15) is 16.9 Å². The predicted molar refractivity (Wildman–Crippen MR) is 101 cm³/mol. The first-order valence-electron chi connectivity index (χ1n) is 8.64. The summed E-state index contributed by atoms with van der Waals surface area (Å²) in [6.45, 7) is 3.52. The van der Waals surface area contributed by atoms with Crippen molar-refractivity contribution in [1.82, 2.24) is 4.98 Å². The first-order chi connectivity index (χ1) is 12.5. The number of nitrogens with one attached hydrogen (secondary N) is 1. The van der Waals surface area contributed by atoms with Crippen LogP contribution in [0.25, 0.3) is 0 Å². The van der Waals surface area contributed by atoms with Gasteiger partial charge in [-0.05, 0) is 68.9 Å². The van der Waals surface area contributed by atoms with E-state index in [9.17, 15) is 14.4 Å². The maximum atomic E-state index is 13.9. The molecule has 1 aromatic heterocycles. The van der Waals surface area contributed by atoms with Gasteiger partial charge in [0.15, 0.2) is 0 Å². The number of hydrogen-bond acceptors (Lipinski definition) is 4. The average Bonchev–Trinajstić information content (AvgIpc) is 2.63. The lowest BCUT2D eigenvalue weighted by Gasteiger charge is -2.18. The SMILES string of the molecule is Cc1ccc(NC(=O)C(C)Sc2nc3c(cc2C#N)CCCC3)c(F)c1. The second-order valence-corrected chi connectivity index (χ2v) is 7.83. The zero-order valence-electron chi connectivity index (χ0n) is 14.8. The molecule has 0 saturated carbocycles.